The second-order valence-electron chi connectivity index (χ2n) is 28.2. The van der Waals surface area contributed by atoms with Gasteiger partial charge in [-0.15, -0.1) is 11.3 Å². The lowest BCUT2D eigenvalue weighted by atomic mass is 9.91. The maximum atomic E-state index is 6.99. The largest absolute Gasteiger partial charge is 0.456 e. The quantitative estimate of drug-likeness (QED) is 0.123. The third-order valence-electron chi connectivity index (χ3n) is 22.0. The monoisotopic (exact) mass is 1420 g/mol. The van der Waals surface area contributed by atoms with E-state index in [1.807, 2.05) is 59.9 Å². The second kappa shape index (κ2) is 24.5. The summed E-state index contributed by atoms with van der Waals surface area (Å²) in [5.41, 5.74) is 18.5. The molecule has 0 aliphatic rings. The van der Waals surface area contributed by atoms with Gasteiger partial charge in [-0.05, 0) is 160 Å². The fraction of sp³-hybridized carbons (Fsp3) is 0. The summed E-state index contributed by atoms with van der Waals surface area (Å²) in [6.07, 6.45) is 0. The van der Waals surface area contributed by atoms with E-state index < -0.39 is 0 Å². The molecule has 0 amide bonds. The molecule has 0 radical (unpaired) electrons. The molecule has 23 aromatic rings. The molecule has 0 unspecified atom stereocenters. The maximum absolute atomic E-state index is 6.99. The van der Waals surface area contributed by atoms with Crippen molar-refractivity contribution in [3.05, 3.63) is 340 Å². The number of nitrogens with zero attached hydrogens (tertiary/aromatic N) is 6. The zero-order valence-corrected chi connectivity index (χ0v) is 59.5. The van der Waals surface area contributed by atoms with Crippen LogP contribution in [0.1, 0.15) is 0 Å². The van der Waals surface area contributed by atoms with Gasteiger partial charge in [-0.3, -0.25) is 0 Å². The number of thiophene rings is 1. The molecule has 0 saturated carbocycles. The summed E-state index contributed by atoms with van der Waals surface area (Å²) >= 11 is 1.82. The smallest absolute Gasteiger partial charge is 0.165 e. The Morgan fingerprint density at radius 3 is 1.45 bits per heavy atom. The van der Waals surface area contributed by atoms with Gasteiger partial charge in [0.05, 0.1) is 0 Å². The molecular formula is C100H56N6O3S. The van der Waals surface area contributed by atoms with Crippen LogP contribution in [0.15, 0.2) is 353 Å². The molecule has 0 spiro atoms. The van der Waals surface area contributed by atoms with Crippen LogP contribution >= 0.6 is 11.3 Å². The number of benzene rings is 17. The number of rotatable bonds is 10. The van der Waals surface area contributed by atoms with Crippen LogP contribution < -0.4 is 0 Å². The van der Waals surface area contributed by atoms with Crippen LogP contribution in [-0.2, 0) is 0 Å². The highest BCUT2D eigenvalue weighted by atomic mass is 32.1. The van der Waals surface area contributed by atoms with Crippen molar-refractivity contribution in [1.29, 1.82) is 0 Å². The highest BCUT2D eigenvalue weighted by Gasteiger charge is 2.28. The van der Waals surface area contributed by atoms with Gasteiger partial charge >= 0.3 is 0 Å². The van der Waals surface area contributed by atoms with E-state index in [1.165, 1.54) is 14.8 Å². The van der Waals surface area contributed by atoms with Crippen LogP contribution in [0.2, 0.25) is 0 Å². The normalized spacial score (nSPS) is 12.0. The van der Waals surface area contributed by atoms with E-state index in [0.717, 1.165) is 192 Å². The van der Waals surface area contributed by atoms with E-state index in [9.17, 15) is 0 Å². The minimum Gasteiger partial charge on any atom is -0.456 e. The molecule has 17 aromatic carbocycles. The Morgan fingerprint density at radius 2 is 0.664 bits per heavy atom. The molecule has 0 aliphatic heterocycles. The lowest BCUT2D eigenvalue weighted by Gasteiger charge is -2.15. The van der Waals surface area contributed by atoms with Gasteiger partial charge in [0.15, 0.2) is 34.9 Å². The molecule has 0 fully saturated rings. The first-order chi connectivity index (χ1) is 54.5. The fourth-order valence-electron chi connectivity index (χ4n) is 16.9. The number of fused-ring (bicyclic) bond motifs is 17. The molecule has 0 aliphatic carbocycles. The van der Waals surface area contributed by atoms with Crippen molar-refractivity contribution >= 4 is 140 Å². The summed E-state index contributed by atoms with van der Waals surface area (Å²) in [6, 6.07) is 119. The topological polar surface area (TPSA) is 117 Å². The first-order valence-corrected chi connectivity index (χ1v) is 37.7. The molecule has 6 heterocycles. The van der Waals surface area contributed by atoms with Gasteiger partial charge in [0.1, 0.15) is 33.5 Å². The van der Waals surface area contributed by atoms with E-state index in [0.29, 0.717) is 34.9 Å². The van der Waals surface area contributed by atoms with Crippen molar-refractivity contribution in [3.8, 4) is 113 Å². The Bertz CT molecular complexity index is 7790. The zero-order chi connectivity index (χ0) is 72.1. The fourth-order valence-corrected chi connectivity index (χ4v) is 18.2. The van der Waals surface area contributed by atoms with Crippen molar-refractivity contribution in [2.75, 3.05) is 0 Å². The Kier molecular flexibility index (Phi) is 13.7. The van der Waals surface area contributed by atoms with Crippen molar-refractivity contribution in [2.45, 2.75) is 0 Å². The van der Waals surface area contributed by atoms with Crippen LogP contribution in [0.3, 0.4) is 0 Å². The first kappa shape index (κ1) is 61.7. The van der Waals surface area contributed by atoms with Gasteiger partial charge in [0.25, 0.3) is 0 Å². The van der Waals surface area contributed by atoms with Gasteiger partial charge in [-0.2, -0.15) is 0 Å². The minimum absolute atomic E-state index is 0.544. The molecule has 110 heavy (non-hydrogen) atoms. The maximum Gasteiger partial charge on any atom is 0.165 e. The molecule has 6 aromatic heterocycles. The van der Waals surface area contributed by atoms with Crippen molar-refractivity contribution in [1.82, 2.24) is 29.9 Å². The predicted octanol–water partition coefficient (Wildman–Crippen LogP) is 27.4. The SMILES string of the molecule is c1ccc(-c2ccc(-c3nc(-c4ccc5ccccc5c4)nc(-c4cccc5oc6cccc(-c7cccc8oc9cc%10cc(-c%11cccc%12c%11sc%11cccc(-c%13ccc%14oc%15ccccc%15c%14c%13-c%13nc(-c%14ccccc%14)nc(-c%14cc%15ccccc%15c%15ccccc%14%15)n%13)c%11%12)ccc%10cc9c78)c6c45)n3)cc2)cc1. The number of furan rings is 3. The van der Waals surface area contributed by atoms with E-state index in [4.69, 9.17) is 43.2 Å². The number of hydrogen-bond donors (Lipinski definition) is 0. The Hall–Kier alpha value is -14.6. The van der Waals surface area contributed by atoms with Crippen LogP contribution in [0, 0.1) is 0 Å². The summed E-state index contributed by atoms with van der Waals surface area (Å²) in [6.45, 7) is 0. The Morgan fingerprint density at radius 1 is 0.191 bits per heavy atom. The van der Waals surface area contributed by atoms with Gasteiger partial charge in [-0.25, -0.2) is 29.9 Å². The predicted molar refractivity (Wildman–Crippen MR) is 452 cm³/mol. The molecule has 510 valence electrons. The number of hydrogen-bond acceptors (Lipinski definition) is 10. The molecule has 0 saturated heterocycles. The molecule has 0 N–H and O–H groups in total. The highest BCUT2D eigenvalue weighted by molar-refractivity contribution is 7.26. The average molecular weight is 1420 g/mol. The third-order valence-corrected chi connectivity index (χ3v) is 23.2. The van der Waals surface area contributed by atoms with Crippen LogP contribution in [0.25, 0.3) is 242 Å². The molecule has 10 heteroatoms. The summed E-state index contributed by atoms with van der Waals surface area (Å²) in [5, 5.41) is 17.1. The zero-order valence-electron chi connectivity index (χ0n) is 58.6. The number of para-hydroxylation sites is 1. The lowest BCUT2D eigenvalue weighted by molar-refractivity contribution is 0.668. The van der Waals surface area contributed by atoms with Crippen molar-refractivity contribution in [2.24, 2.45) is 0 Å². The summed E-state index contributed by atoms with van der Waals surface area (Å²) in [4.78, 5) is 32.4. The van der Waals surface area contributed by atoms with E-state index in [1.54, 1.807) is 0 Å². The van der Waals surface area contributed by atoms with Gasteiger partial charge in [0.2, 0.25) is 0 Å². The molecule has 9 nitrogen and oxygen atoms in total. The standard InChI is InChI=1S/C100H56N6O3S/c1-3-20-57(21-4-1)59-42-45-61(46-43-59)96-101-97(66-49-44-58-22-7-8-25-62(58)52-66)104-98(102-96)78-36-18-40-84-92(78)90-74(33-17-39-83(90)108-84)72-32-16-38-82-88(72)80-54-63-47-48-65(53-67(63)56-86(80)109-82)69-31-15-35-77-89-73(34-19-41-87(89)110-94(69)77)75-50-51-85-91(76-30-13-14-37-81(76)107-85)93(75)100-105-95(60-23-5-2-6-24-60)103-99(106-100)79-55-64-26-9-10-27-68(64)70-28-11-12-29-71(70)79/h1-56H. The Labute approximate surface area is 632 Å². The van der Waals surface area contributed by atoms with Gasteiger partial charge < -0.3 is 13.3 Å². The average Bonchev–Trinajstić information content (AvgIpc) is 1.53. The van der Waals surface area contributed by atoms with Crippen LogP contribution in [0.5, 0.6) is 0 Å². The molecule has 23 rings (SSSR count). The highest BCUT2D eigenvalue weighted by Crippen LogP contribution is 2.51. The summed E-state index contributed by atoms with van der Waals surface area (Å²) < 4.78 is 22.9. The molecule has 0 bridgehead atoms. The third kappa shape index (κ3) is 9.86. The first-order valence-electron chi connectivity index (χ1n) is 36.9. The minimum atomic E-state index is 0.544. The van der Waals surface area contributed by atoms with Crippen molar-refractivity contribution < 1.29 is 13.3 Å². The van der Waals surface area contributed by atoms with E-state index in [-0.39, 0.29) is 0 Å². The molecule has 0 atom stereocenters. The lowest BCUT2D eigenvalue weighted by Crippen LogP contribution is -2.02. The second-order valence-corrected chi connectivity index (χ2v) is 29.3. The number of aromatic nitrogens is 6. The summed E-state index contributed by atoms with van der Waals surface area (Å²) in [7, 11) is 0. The van der Waals surface area contributed by atoms with Crippen molar-refractivity contribution in [3.63, 3.8) is 0 Å². The van der Waals surface area contributed by atoms with E-state index >= 15 is 0 Å². The van der Waals surface area contributed by atoms with Crippen LogP contribution in [0.4, 0.5) is 0 Å². The van der Waals surface area contributed by atoms with Crippen LogP contribution in [-0.4, -0.2) is 29.9 Å². The molecular weight excluding hydrogens is 1370 g/mol. The van der Waals surface area contributed by atoms with Gasteiger partial charge in [-0.1, -0.05) is 267 Å². The van der Waals surface area contributed by atoms with Gasteiger partial charge in [0, 0.05) is 85.9 Å². The Balaban J connectivity index is 0.653. The summed E-state index contributed by atoms with van der Waals surface area (Å²) in [5.74, 6) is 3.42. The van der Waals surface area contributed by atoms with E-state index in [2.05, 4.69) is 291 Å².